The molecule has 0 radical (unpaired) electrons. The lowest BCUT2D eigenvalue weighted by molar-refractivity contribution is 0.0993. The minimum atomic E-state index is -0.155. The van der Waals surface area contributed by atoms with Crippen molar-refractivity contribution in [3.63, 3.8) is 0 Å². The van der Waals surface area contributed by atoms with E-state index >= 15 is 0 Å². The van der Waals surface area contributed by atoms with Crippen molar-refractivity contribution in [2.24, 2.45) is 0 Å². The summed E-state index contributed by atoms with van der Waals surface area (Å²) in [6.07, 6.45) is 6.11. The molecule has 0 spiro atoms. The zero-order valence-electron chi connectivity index (χ0n) is 10.6. The maximum absolute atomic E-state index is 10.7. The van der Waals surface area contributed by atoms with Crippen molar-refractivity contribution in [3.8, 4) is 0 Å². The van der Waals surface area contributed by atoms with Crippen LogP contribution in [0.5, 0.6) is 0 Å². The molecular formula is C13H14IN3O2. The summed E-state index contributed by atoms with van der Waals surface area (Å²) < 4.78 is 0. The Morgan fingerprint density at radius 3 is 1.42 bits per heavy atom. The van der Waals surface area contributed by atoms with Crippen LogP contribution in [0.4, 0.5) is 0 Å². The third kappa shape index (κ3) is 6.70. The van der Waals surface area contributed by atoms with E-state index in [0.29, 0.717) is 0 Å². The van der Waals surface area contributed by atoms with E-state index in [9.17, 15) is 9.59 Å². The number of ketones is 2. The number of hydrogen-bond donors (Lipinski definition) is 0. The topological polar surface area (TPSA) is 72.8 Å². The predicted octanol–water partition coefficient (Wildman–Crippen LogP) is 2.58. The van der Waals surface area contributed by atoms with Gasteiger partial charge < -0.3 is 0 Å². The molecule has 0 saturated heterocycles. The van der Waals surface area contributed by atoms with Crippen LogP contribution in [0.15, 0.2) is 43.0 Å². The van der Waals surface area contributed by atoms with Gasteiger partial charge in [0.15, 0.2) is 11.6 Å². The Morgan fingerprint density at radius 1 is 0.842 bits per heavy atom. The van der Waals surface area contributed by atoms with Crippen molar-refractivity contribution >= 4 is 35.5 Å². The number of halogens is 1. The molecule has 5 nitrogen and oxygen atoms in total. The third-order valence-corrected chi connectivity index (χ3v) is 1.94. The Bertz CT molecular complexity index is 455. The van der Waals surface area contributed by atoms with Gasteiger partial charge in [0.2, 0.25) is 0 Å². The fourth-order valence-electron chi connectivity index (χ4n) is 1.00. The van der Waals surface area contributed by atoms with E-state index in [1.165, 1.54) is 26.2 Å². The summed E-state index contributed by atoms with van der Waals surface area (Å²) in [6.45, 7) is 2.80. The summed E-state index contributed by atoms with van der Waals surface area (Å²) >= 11 is 0. The van der Waals surface area contributed by atoms with Gasteiger partial charge in [0.05, 0.1) is 12.4 Å². The molecule has 0 aliphatic carbocycles. The highest BCUT2D eigenvalue weighted by Gasteiger charge is 2.04. The predicted molar refractivity (Wildman–Crippen MR) is 81.7 cm³/mol. The van der Waals surface area contributed by atoms with Gasteiger partial charge in [0, 0.05) is 26.2 Å². The Labute approximate surface area is 128 Å². The summed E-state index contributed by atoms with van der Waals surface area (Å²) in [5, 5.41) is 0. The lowest BCUT2D eigenvalue weighted by atomic mass is 10.3. The molecule has 2 rings (SSSR count). The van der Waals surface area contributed by atoms with Crippen molar-refractivity contribution in [1.29, 1.82) is 0 Å². The minimum Gasteiger partial charge on any atom is -0.293 e. The van der Waals surface area contributed by atoms with Crippen molar-refractivity contribution < 1.29 is 9.59 Å². The molecule has 0 saturated carbocycles. The van der Waals surface area contributed by atoms with Crippen LogP contribution < -0.4 is 0 Å². The van der Waals surface area contributed by atoms with Crippen LogP contribution in [0.25, 0.3) is 0 Å². The second kappa shape index (κ2) is 9.26. The monoisotopic (exact) mass is 371 g/mol. The van der Waals surface area contributed by atoms with Crippen LogP contribution >= 0.6 is 24.0 Å². The lowest BCUT2D eigenvalue weighted by Crippen LogP contribution is -2.02. The molecule has 2 aromatic rings. The number of rotatable bonds is 2. The van der Waals surface area contributed by atoms with Crippen molar-refractivity contribution in [2.75, 3.05) is 0 Å². The Balaban J connectivity index is 0.000000392. The molecule has 100 valence electrons. The number of carbonyl (C=O) groups is 2. The van der Waals surface area contributed by atoms with E-state index in [1.54, 1.807) is 12.4 Å². The van der Waals surface area contributed by atoms with E-state index in [-0.39, 0.29) is 46.9 Å². The van der Waals surface area contributed by atoms with Gasteiger partial charge in [0.25, 0.3) is 0 Å². The normalized spacial score (nSPS) is 8.53. The fraction of sp³-hybridized carbons (Fsp3) is 0.154. The smallest absolute Gasteiger partial charge is 0.179 e. The number of carbonyl (C=O) groups excluding carboxylic acids is 2. The van der Waals surface area contributed by atoms with Gasteiger partial charge in [-0.2, -0.15) is 0 Å². The standard InChI is InChI=1S/C8H8N2O2.C5H5N.HI/c1-5(11)7-3-10-8(4-9-7)6(2)12;1-2-4-6-5-3-1;/h3-4H,1-2H3;1-5H;1H. The minimum absolute atomic E-state index is 0. The van der Waals surface area contributed by atoms with Gasteiger partial charge in [-0.1, -0.05) is 6.07 Å². The number of Topliss-reactive ketones (excluding diaryl/α,β-unsaturated/α-hetero) is 2. The lowest BCUT2D eigenvalue weighted by Gasteiger charge is -1.94. The Hall–Kier alpha value is -1.70. The molecule has 2 aromatic heterocycles. The zero-order chi connectivity index (χ0) is 13.4. The first kappa shape index (κ1) is 17.3. The summed E-state index contributed by atoms with van der Waals surface area (Å²) in [7, 11) is 0. The van der Waals surface area contributed by atoms with Crippen LogP contribution in [0, 0.1) is 0 Å². The quantitative estimate of drug-likeness (QED) is 0.599. The van der Waals surface area contributed by atoms with E-state index < -0.39 is 0 Å². The highest BCUT2D eigenvalue weighted by Crippen LogP contribution is 1.96. The second-order valence-electron chi connectivity index (χ2n) is 3.42. The van der Waals surface area contributed by atoms with Crippen LogP contribution in [-0.4, -0.2) is 26.5 Å². The SMILES string of the molecule is CC(=O)c1cnc(C(C)=O)cn1.I.c1ccncc1. The number of pyridine rings is 1. The van der Waals surface area contributed by atoms with Crippen LogP contribution in [-0.2, 0) is 0 Å². The van der Waals surface area contributed by atoms with Gasteiger partial charge in [-0.15, -0.1) is 24.0 Å². The van der Waals surface area contributed by atoms with Gasteiger partial charge in [-0.25, -0.2) is 9.97 Å². The summed E-state index contributed by atoms with van der Waals surface area (Å²) in [4.78, 5) is 32.8. The van der Waals surface area contributed by atoms with Crippen molar-refractivity contribution in [2.45, 2.75) is 13.8 Å². The van der Waals surface area contributed by atoms with E-state index in [1.807, 2.05) is 18.2 Å². The number of nitrogens with zero attached hydrogens (tertiary/aromatic N) is 3. The summed E-state index contributed by atoms with van der Waals surface area (Å²) in [6, 6.07) is 5.72. The zero-order valence-corrected chi connectivity index (χ0v) is 12.9. The van der Waals surface area contributed by atoms with Gasteiger partial charge in [-0.05, 0) is 12.1 Å². The van der Waals surface area contributed by atoms with Crippen LogP contribution in [0.3, 0.4) is 0 Å². The highest BCUT2D eigenvalue weighted by atomic mass is 127. The second-order valence-corrected chi connectivity index (χ2v) is 3.42. The van der Waals surface area contributed by atoms with E-state index in [4.69, 9.17) is 0 Å². The first-order valence-electron chi connectivity index (χ1n) is 5.30. The van der Waals surface area contributed by atoms with Crippen LogP contribution in [0.1, 0.15) is 34.8 Å². The molecule has 0 bridgehead atoms. The fourth-order valence-corrected chi connectivity index (χ4v) is 1.00. The average Bonchev–Trinajstić information content (AvgIpc) is 2.41. The average molecular weight is 371 g/mol. The molecule has 0 aliphatic rings. The maximum Gasteiger partial charge on any atom is 0.179 e. The Morgan fingerprint density at radius 2 is 1.26 bits per heavy atom. The van der Waals surface area contributed by atoms with Gasteiger partial charge >= 0.3 is 0 Å². The maximum atomic E-state index is 10.7. The molecule has 6 heteroatoms. The number of aromatic nitrogens is 3. The van der Waals surface area contributed by atoms with Gasteiger partial charge in [-0.3, -0.25) is 14.6 Å². The molecule has 0 unspecified atom stereocenters. The molecule has 19 heavy (non-hydrogen) atoms. The summed E-state index contributed by atoms with van der Waals surface area (Å²) in [5.74, 6) is -0.310. The van der Waals surface area contributed by atoms with Crippen LogP contribution in [0.2, 0.25) is 0 Å². The molecule has 0 fully saturated rings. The first-order chi connectivity index (χ1) is 8.61. The van der Waals surface area contributed by atoms with Crippen molar-refractivity contribution in [1.82, 2.24) is 15.0 Å². The first-order valence-corrected chi connectivity index (χ1v) is 5.30. The summed E-state index contributed by atoms with van der Waals surface area (Å²) in [5.41, 5.74) is 0.556. The van der Waals surface area contributed by atoms with E-state index in [2.05, 4.69) is 15.0 Å². The molecule has 2 heterocycles. The third-order valence-electron chi connectivity index (χ3n) is 1.94. The molecule has 0 amide bonds. The molecule has 0 N–H and O–H groups in total. The molecular weight excluding hydrogens is 357 g/mol. The molecule has 0 aliphatic heterocycles. The molecule has 0 atom stereocenters. The van der Waals surface area contributed by atoms with Crippen molar-refractivity contribution in [3.05, 3.63) is 54.4 Å². The Kier molecular flexibility index (Phi) is 8.43. The van der Waals surface area contributed by atoms with Gasteiger partial charge in [0.1, 0.15) is 11.4 Å². The molecule has 0 aromatic carbocycles. The van der Waals surface area contributed by atoms with E-state index in [0.717, 1.165) is 0 Å². The number of hydrogen-bond acceptors (Lipinski definition) is 5. The largest absolute Gasteiger partial charge is 0.293 e. The highest BCUT2D eigenvalue weighted by molar-refractivity contribution is 14.0.